The first kappa shape index (κ1) is 29.2. The number of unbranched alkanes of at least 4 members (excludes halogenated alkanes) is 1. The van der Waals surface area contributed by atoms with Gasteiger partial charge in [-0.2, -0.15) is 4.39 Å². The Morgan fingerprint density at radius 3 is 2.10 bits per heavy atom. The quantitative estimate of drug-likeness (QED) is 0.187. The lowest BCUT2D eigenvalue weighted by Gasteiger charge is -2.34. The molecule has 0 amide bonds. The Hall–Kier alpha value is -3.27. The maximum absolute atomic E-state index is 15.3. The van der Waals surface area contributed by atoms with Crippen molar-refractivity contribution in [2.45, 2.75) is 71.6 Å². The summed E-state index contributed by atoms with van der Waals surface area (Å²) in [5, 5.41) is 0. The molecule has 3 aromatic carbocycles. The maximum Gasteiger partial charge on any atom is 0.201 e. The number of ether oxygens (including phenoxy) is 1. The molecule has 4 heteroatoms. The zero-order chi connectivity index (χ0) is 28.8. The lowest BCUT2D eigenvalue weighted by atomic mass is 9.71. The Balaban J connectivity index is 1.24. The Bertz CT molecular complexity index is 1380. The molecule has 216 valence electrons. The third kappa shape index (κ3) is 6.80. The minimum atomic E-state index is -0.982. The number of allylic oxidation sites excluding steroid dienone is 4. The van der Waals surface area contributed by atoms with Crippen LogP contribution in [0.25, 0.3) is 27.8 Å². The summed E-state index contributed by atoms with van der Waals surface area (Å²) in [7, 11) is 0. The van der Waals surface area contributed by atoms with Crippen molar-refractivity contribution in [1.29, 1.82) is 0 Å². The number of halogens is 3. The highest BCUT2D eigenvalue weighted by atomic mass is 19.2. The van der Waals surface area contributed by atoms with Gasteiger partial charge in [-0.1, -0.05) is 68.0 Å². The van der Waals surface area contributed by atoms with Crippen LogP contribution in [0, 0.1) is 35.2 Å². The highest BCUT2D eigenvalue weighted by molar-refractivity contribution is 5.74. The second-order valence-electron chi connectivity index (χ2n) is 11.7. The molecule has 2 aliphatic carbocycles. The summed E-state index contributed by atoms with van der Waals surface area (Å²) in [5.41, 5.74) is 4.07. The van der Waals surface area contributed by atoms with Crippen molar-refractivity contribution < 1.29 is 17.9 Å². The first-order valence-electron chi connectivity index (χ1n) is 15.3. The molecule has 0 spiro atoms. The van der Waals surface area contributed by atoms with E-state index in [1.807, 2.05) is 19.1 Å². The molecule has 0 bridgehead atoms. The molecule has 41 heavy (non-hydrogen) atoms. The van der Waals surface area contributed by atoms with Gasteiger partial charge in [-0.25, -0.2) is 8.78 Å². The fourth-order valence-corrected chi connectivity index (χ4v) is 6.60. The van der Waals surface area contributed by atoms with Gasteiger partial charge in [-0.15, -0.1) is 0 Å². The Labute approximate surface area is 243 Å². The largest absolute Gasteiger partial charge is 0.490 e. The molecule has 5 rings (SSSR count). The van der Waals surface area contributed by atoms with Crippen LogP contribution in [0.2, 0.25) is 0 Å². The molecule has 3 aromatic rings. The molecule has 0 saturated heterocycles. The molecule has 1 saturated carbocycles. The summed E-state index contributed by atoms with van der Waals surface area (Å²) < 4.78 is 50.1. The topological polar surface area (TPSA) is 9.23 Å². The normalized spacial score (nSPS) is 21.2. The van der Waals surface area contributed by atoms with E-state index in [1.54, 1.807) is 30.3 Å². The number of rotatable bonds is 9. The van der Waals surface area contributed by atoms with Gasteiger partial charge in [0.05, 0.1) is 6.61 Å². The van der Waals surface area contributed by atoms with E-state index in [2.05, 4.69) is 25.2 Å². The summed E-state index contributed by atoms with van der Waals surface area (Å²) in [6.45, 7) is 4.47. The fraction of sp³-hybridized carbons (Fsp3) is 0.405. The molecule has 0 aliphatic heterocycles. The van der Waals surface area contributed by atoms with Gasteiger partial charge < -0.3 is 4.74 Å². The third-order valence-electron chi connectivity index (χ3n) is 9.05. The molecule has 0 heterocycles. The lowest BCUT2D eigenvalue weighted by molar-refractivity contribution is 0.212. The molecule has 0 radical (unpaired) electrons. The average molecular weight is 559 g/mol. The highest BCUT2D eigenvalue weighted by Crippen LogP contribution is 2.42. The predicted molar refractivity (Wildman–Crippen MR) is 163 cm³/mol. The van der Waals surface area contributed by atoms with Gasteiger partial charge in [0.1, 0.15) is 5.82 Å². The molecule has 1 nitrogen and oxygen atoms in total. The van der Waals surface area contributed by atoms with Crippen LogP contribution in [0.1, 0.15) is 77.2 Å². The lowest BCUT2D eigenvalue weighted by Crippen LogP contribution is -2.22. The smallest absolute Gasteiger partial charge is 0.201 e. The van der Waals surface area contributed by atoms with Gasteiger partial charge in [0, 0.05) is 11.1 Å². The van der Waals surface area contributed by atoms with Gasteiger partial charge >= 0.3 is 0 Å². The molecule has 1 atom stereocenters. The number of hydrogen-bond acceptors (Lipinski definition) is 1. The maximum atomic E-state index is 15.3. The Morgan fingerprint density at radius 1 is 0.780 bits per heavy atom. The van der Waals surface area contributed by atoms with E-state index < -0.39 is 11.6 Å². The van der Waals surface area contributed by atoms with Crippen LogP contribution >= 0.6 is 0 Å². The van der Waals surface area contributed by atoms with E-state index in [1.165, 1.54) is 49.8 Å². The van der Waals surface area contributed by atoms with Crippen LogP contribution in [0.5, 0.6) is 5.75 Å². The zero-order valence-electron chi connectivity index (χ0n) is 24.3. The third-order valence-corrected chi connectivity index (χ3v) is 9.05. The molecular weight excluding hydrogens is 517 g/mol. The van der Waals surface area contributed by atoms with E-state index in [0.29, 0.717) is 23.3 Å². The molecular formula is C37H41F3O. The monoisotopic (exact) mass is 558 g/mol. The fourth-order valence-electron chi connectivity index (χ4n) is 6.60. The van der Waals surface area contributed by atoms with Crippen molar-refractivity contribution in [3.63, 3.8) is 0 Å². The molecule has 0 N–H and O–H groups in total. The molecule has 0 aromatic heterocycles. The zero-order valence-corrected chi connectivity index (χ0v) is 24.3. The van der Waals surface area contributed by atoms with Gasteiger partial charge in [-0.3, -0.25) is 0 Å². The van der Waals surface area contributed by atoms with Crippen LogP contribution in [-0.2, 0) is 0 Å². The van der Waals surface area contributed by atoms with Gasteiger partial charge in [0.2, 0.25) is 5.82 Å². The van der Waals surface area contributed by atoms with Crippen molar-refractivity contribution in [3.05, 3.63) is 95.8 Å². The Kier molecular flexibility index (Phi) is 9.69. The first-order valence-corrected chi connectivity index (χ1v) is 15.3. The summed E-state index contributed by atoms with van der Waals surface area (Å²) >= 11 is 0. The highest BCUT2D eigenvalue weighted by Gasteiger charge is 2.28. The van der Waals surface area contributed by atoms with E-state index in [4.69, 9.17) is 4.74 Å². The minimum absolute atomic E-state index is 0.0747. The van der Waals surface area contributed by atoms with E-state index in [0.717, 1.165) is 49.0 Å². The Morgan fingerprint density at radius 2 is 1.46 bits per heavy atom. The van der Waals surface area contributed by atoms with Crippen LogP contribution < -0.4 is 4.74 Å². The number of benzene rings is 3. The van der Waals surface area contributed by atoms with Crippen LogP contribution in [0.4, 0.5) is 13.2 Å². The molecule has 1 fully saturated rings. The van der Waals surface area contributed by atoms with Crippen LogP contribution in [0.3, 0.4) is 0 Å². The second kappa shape index (κ2) is 13.6. The minimum Gasteiger partial charge on any atom is -0.490 e. The van der Waals surface area contributed by atoms with Gasteiger partial charge in [-0.05, 0) is 117 Å². The van der Waals surface area contributed by atoms with Crippen molar-refractivity contribution >= 4 is 5.57 Å². The summed E-state index contributed by atoms with van der Waals surface area (Å²) in [6, 6.07) is 15.4. The molecule has 2 aliphatic rings. The van der Waals surface area contributed by atoms with Crippen molar-refractivity contribution in [3.8, 4) is 28.0 Å². The molecule has 1 unspecified atom stereocenters. The summed E-state index contributed by atoms with van der Waals surface area (Å²) in [5.74, 6) is 0.0562. The van der Waals surface area contributed by atoms with Crippen LogP contribution in [0.15, 0.2) is 72.8 Å². The summed E-state index contributed by atoms with van der Waals surface area (Å²) in [4.78, 5) is 0. The SMILES string of the molecule is CC=CC1CCC(C2CC=C(c3ccc(-c4ccc(-c5ccc(OCCCC)c(F)c5F)cc4)c(F)c3)CC2)CC1. The van der Waals surface area contributed by atoms with Crippen LogP contribution in [-0.4, -0.2) is 6.61 Å². The standard InChI is InChI=1S/C37H41F3O/c1-3-5-23-41-35-22-21-33(36(39)37(35)40)30-17-15-29(16-18-30)32-20-19-31(24-34(32)38)28-13-11-27(12-14-28)26-9-7-25(6-4-2)8-10-26/h4,6,13,15-22,24-27H,3,5,7-12,14,23H2,1-2H3. The van der Waals surface area contributed by atoms with E-state index in [9.17, 15) is 8.78 Å². The first-order chi connectivity index (χ1) is 20.0. The average Bonchev–Trinajstić information content (AvgIpc) is 3.00. The van der Waals surface area contributed by atoms with Gasteiger partial charge in [0.25, 0.3) is 0 Å². The van der Waals surface area contributed by atoms with Crippen molar-refractivity contribution in [2.75, 3.05) is 6.61 Å². The summed E-state index contributed by atoms with van der Waals surface area (Å²) in [6.07, 6.45) is 17.1. The van der Waals surface area contributed by atoms with Gasteiger partial charge in [0.15, 0.2) is 11.6 Å². The van der Waals surface area contributed by atoms with E-state index >= 15 is 4.39 Å². The number of hydrogen-bond donors (Lipinski definition) is 0. The second-order valence-corrected chi connectivity index (χ2v) is 11.7. The van der Waals surface area contributed by atoms with Crippen molar-refractivity contribution in [2.24, 2.45) is 17.8 Å². The van der Waals surface area contributed by atoms with Crippen molar-refractivity contribution in [1.82, 2.24) is 0 Å². The predicted octanol–water partition coefficient (Wildman–Crippen LogP) is 11.2. The van der Waals surface area contributed by atoms with E-state index in [-0.39, 0.29) is 17.1 Å².